The predicted octanol–water partition coefficient (Wildman–Crippen LogP) is 4.27. The van der Waals surface area contributed by atoms with E-state index >= 15 is 0 Å². The Bertz CT molecular complexity index is 902. The van der Waals surface area contributed by atoms with Crippen LogP contribution in [0.15, 0.2) is 67.5 Å². The summed E-state index contributed by atoms with van der Waals surface area (Å²) in [5.41, 5.74) is 4.47. The third-order valence-corrected chi connectivity index (χ3v) is 3.54. The van der Waals surface area contributed by atoms with Gasteiger partial charge in [-0.15, -0.1) is 0 Å². The number of hydrogen-bond donors (Lipinski definition) is 0. The first kappa shape index (κ1) is 14.9. The summed E-state index contributed by atoms with van der Waals surface area (Å²) in [6.45, 7) is 7.74. The van der Waals surface area contributed by atoms with Crippen LogP contribution in [0, 0.1) is 6.92 Å². The van der Waals surface area contributed by atoms with E-state index in [1.165, 1.54) is 0 Å². The Hall–Kier alpha value is -3.01. The monoisotopic (exact) mass is 302 g/mol. The standard InChI is InChI=1S/C19H18N4/c1-4-9-15(10-5-2)18-22-17-14(3)20-13-21-19(17)23(18)16-11-7-6-8-12-16/h4-13H,1H2,2-3H3/b10-5-,15-9+. The third-order valence-electron chi connectivity index (χ3n) is 3.54. The highest BCUT2D eigenvalue weighted by Crippen LogP contribution is 2.26. The lowest BCUT2D eigenvalue weighted by atomic mass is 10.2. The van der Waals surface area contributed by atoms with Crippen molar-refractivity contribution < 1.29 is 0 Å². The van der Waals surface area contributed by atoms with Crippen molar-refractivity contribution in [2.24, 2.45) is 0 Å². The molecule has 1 aromatic carbocycles. The Morgan fingerprint density at radius 3 is 2.65 bits per heavy atom. The molecule has 0 saturated carbocycles. The zero-order valence-corrected chi connectivity index (χ0v) is 13.3. The van der Waals surface area contributed by atoms with Crippen LogP contribution in [0.25, 0.3) is 22.4 Å². The molecule has 3 rings (SSSR count). The molecular weight excluding hydrogens is 284 g/mol. The molecule has 2 heterocycles. The molecule has 0 atom stereocenters. The largest absolute Gasteiger partial charge is 0.277 e. The molecule has 0 bridgehead atoms. The van der Waals surface area contributed by atoms with Gasteiger partial charge in [-0.1, -0.05) is 49.1 Å². The summed E-state index contributed by atoms with van der Waals surface area (Å²) in [4.78, 5) is 13.5. The van der Waals surface area contributed by atoms with E-state index in [1.54, 1.807) is 12.4 Å². The van der Waals surface area contributed by atoms with Gasteiger partial charge in [-0.2, -0.15) is 0 Å². The SMILES string of the molecule is C=C/C=C(\C=C/C)c1nc2c(C)ncnc2n1-c1ccccc1. The minimum absolute atomic E-state index is 0.804. The normalized spacial score (nSPS) is 12.2. The maximum atomic E-state index is 4.80. The van der Waals surface area contributed by atoms with Crippen molar-refractivity contribution in [3.05, 3.63) is 79.1 Å². The van der Waals surface area contributed by atoms with Crippen LogP contribution in [0.2, 0.25) is 0 Å². The molecule has 0 spiro atoms. The second-order valence-electron chi connectivity index (χ2n) is 5.10. The van der Waals surface area contributed by atoms with Crippen LogP contribution in [-0.4, -0.2) is 19.5 Å². The van der Waals surface area contributed by atoms with Gasteiger partial charge in [0.1, 0.15) is 17.7 Å². The van der Waals surface area contributed by atoms with Crippen molar-refractivity contribution in [2.45, 2.75) is 13.8 Å². The van der Waals surface area contributed by atoms with Crippen LogP contribution in [0.5, 0.6) is 0 Å². The fraction of sp³-hybridized carbons (Fsp3) is 0.105. The number of rotatable bonds is 4. The molecule has 0 saturated heterocycles. The van der Waals surface area contributed by atoms with Gasteiger partial charge in [-0.25, -0.2) is 15.0 Å². The van der Waals surface area contributed by atoms with Crippen molar-refractivity contribution in [3.63, 3.8) is 0 Å². The number of imidazole rings is 1. The number of fused-ring (bicyclic) bond motifs is 1. The summed E-state index contributed by atoms with van der Waals surface area (Å²) in [6, 6.07) is 10.1. The number of aromatic nitrogens is 4. The molecule has 0 radical (unpaired) electrons. The molecule has 0 fully saturated rings. The lowest BCUT2D eigenvalue weighted by molar-refractivity contribution is 1.03. The summed E-state index contributed by atoms with van der Waals surface area (Å²) in [6.07, 6.45) is 9.30. The van der Waals surface area contributed by atoms with Gasteiger partial charge in [0.25, 0.3) is 0 Å². The average Bonchev–Trinajstić information content (AvgIpc) is 2.96. The molecule has 4 nitrogen and oxygen atoms in total. The molecule has 0 unspecified atom stereocenters. The van der Waals surface area contributed by atoms with E-state index in [4.69, 9.17) is 4.98 Å². The lowest BCUT2D eigenvalue weighted by Gasteiger charge is -2.09. The maximum Gasteiger partial charge on any atom is 0.168 e. The Kier molecular flexibility index (Phi) is 4.15. The molecule has 3 aromatic rings. The van der Waals surface area contributed by atoms with E-state index < -0.39 is 0 Å². The van der Waals surface area contributed by atoms with Crippen LogP contribution in [0.4, 0.5) is 0 Å². The molecule has 0 aliphatic carbocycles. The van der Waals surface area contributed by atoms with Gasteiger partial charge in [0.2, 0.25) is 0 Å². The molecule has 4 heteroatoms. The van der Waals surface area contributed by atoms with Crippen LogP contribution in [0.1, 0.15) is 18.4 Å². The first-order chi connectivity index (χ1) is 11.3. The van der Waals surface area contributed by atoms with Crippen LogP contribution >= 0.6 is 0 Å². The van der Waals surface area contributed by atoms with Gasteiger partial charge in [0, 0.05) is 11.3 Å². The zero-order valence-electron chi connectivity index (χ0n) is 13.3. The quantitative estimate of drug-likeness (QED) is 0.676. The molecule has 0 aliphatic rings. The molecule has 23 heavy (non-hydrogen) atoms. The van der Waals surface area contributed by atoms with Crippen molar-refractivity contribution in [3.8, 4) is 5.69 Å². The summed E-state index contributed by atoms with van der Waals surface area (Å²) in [5.74, 6) is 0.827. The maximum absolute atomic E-state index is 4.80. The van der Waals surface area contributed by atoms with E-state index in [1.807, 2.05) is 62.4 Å². The van der Waals surface area contributed by atoms with Gasteiger partial charge < -0.3 is 0 Å². The fourth-order valence-electron chi connectivity index (χ4n) is 2.53. The number of aryl methyl sites for hydroxylation is 1. The van der Waals surface area contributed by atoms with Gasteiger partial charge in [0.05, 0.1) is 5.69 Å². The third kappa shape index (κ3) is 2.71. The predicted molar refractivity (Wildman–Crippen MR) is 94.4 cm³/mol. The second kappa shape index (κ2) is 6.40. The Balaban J connectivity index is 2.39. The van der Waals surface area contributed by atoms with Gasteiger partial charge in [-0.3, -0.25) is 4.57 Å². The minimum Gasteiger partial charge on any atom is -0.277 e. The van der Waals surface area contributed by atoms with Crippen molar-refractivity contribution >= 4 is 16.7 Å². The average molecular weight is 302 g/mol. The van der Waals surface area contributed by atoms with Crippen molar-refractivity contribution in [2.75, 3.05) is 0 Å². The van der Waals surface area contributed by atoms with E-state index in [0.717, 1.165) is 33.9 Å². The number of allylic oxidation sites excluding steroid dienone is 5. The molecule has 0 N–H and O–H groups in total. The van der Waals surface area contributed by atoms with Crippen LogP contribution < -0.4 is 0 Å². The Morgan fingerprint density at radius 1 is 1.17 bits per heavy atom. The minimum atomic E-state index is 0.804. The number of benzene rings is 1. The topological polar surface area (TPSA) is 43.6 Å². The fourth-order valence-corrected chi connectivity index (χ4v) is 2.53. The number of para-hydroxylation sites is 1. The van der Waals surface area contributed by atoms with Crippen molar-refractivity contribution in [1.29, 1.82) is 0 Å². The lowest BCUT2D eigenvalue weighted by Crippen LogP contribution is -2.01. The zero-order chi connectivity index (χ0) is 16.2. The first-order valence-electron chi connectivity index (χ1n) is 7.47. The summed E-state index contributed by atoms with van der Waals surface area (Å²) < 4.78 is 2.05. The molecule has 0 amide bonds. The summed E-state index contributed by atoms with van der Waals surface area (Å²) in [5, 5.41) is 0. The highest BCUT2D eigenvalue weighted by molar-refractivity contribution is 5.83. The van der Waals surface area contributed by atoms with Gasteiger partial charge >= 0.3 is 0 Å². The Labute approximate surface area is 135 Å². The van der Waals surface area contributed by atoms with E-state index in [-0.39, 0.29) is 0 Å². The van der Waals surface area contributed by atoms with E-state index in [0.29, 0.717) is 0 Å². The molecule has 114 valence electrons. The Morgan fingerprint density at radius 2 is 1.96 bits per heavy atom. The van der Waals surface area contributed by atoms with Crippen LogP contribution in [0.3, 0.4) is 0 Å². The first-order valence-corrected chi connectivity index (χ1v) is 7.47. The smallest absolute Gasteiger partial charge is 0.168 e. The second-order valence-corrected chi connectivity index (χ2v) is 5.10. The van der Waals surface area contributed by atoms with Crippen LogP contribution in [-0.2, 0) is 0 Å². The summed E-state index contributed by atoms with van der Waals surface area (Å²) >= 11 is 0. The highest BCUT2D eigenvalue weighted by atomic mass is 15.1. The number of nitrogens with zero attached hydrogens (tertiary/aromatic N) is 4. The van der Waals surface area contributed by atoms with Gasteiger partial charge in [0.15, 0.2) is 5.65 Å². The van der Waals surface area contributed by atoms with Crippen molar-refractivity contribution in [1.82, 2.24) is 19.5 Å². The number of hydrogen-bond acceptors (Lipinski definition) is 3. The van der Waals surface area contributed by atoms with E-state index in [2.05, 4.69) is 21.1 Å². The van der Waals surface area contributed by atoms with Gasteiger partial charge in [-0.05, 0) is 26.0 Å². The van der Waals surface area contributed by atoms with E-state index in [9.17, 15) is 0 Å². The summed E-state index contributed by atoms with van der Waals surface area (Å²) in [7, 11) is 0. The molecule has 0 aliphatic heterocycles. The molecule has 2 aromatic heterocycles. The highest BCUT2D eigenvalue weighted by Gasteiger charge is 2.17. The molecular formula is C19H18N4.